The molecule has 21 heavy (non-hydrogen) atoms. The number of carboxylic acid groups (broad SMARTS) is 1. The largest absolute Gasteiger partial charge is 0.478 e. The molecule has 1 atom stereocenters. The van der Waals surface area contributed by atoms with Gasteiger partial charge in [-0.3, -0.25) is 9.69 Å². The quantitative estimate of drug-likeness (QED) is 0.916. The van der Waals surface area contributed by atoms with E-state index in [-0.39, 0.29) is 17.4 Å². The summed E-state index contributed by atoms with van der Waals surface area (Å²) in [6, 6.07) is 12.3. The zero-order valence-electron chi connectivity index (χ0n) is 11.8. The highest BCUT2D eigenvalue weighted by Crippen LogP contribution is 2.42. The fourth-order valence-corrected chi connectivity index (χ4v) is 2.71. The highest BCUT2D eigenvalue weighted by molar-refractivity contribution is 6.10. The fourth-order valence-electron chi connectivity index (χ4n) is 2.71. The van der Waals surface area contributed by atoms with E-state index in [4.69, 9.17) is 5.11 Å². The molecule has 4 nitrogen and oxygen atoms in total. The number of carbonyl (C=O) groups is 2. The van der Waals surface area contributed by atoms with Gasteiger partial charge in [0.05, 0.1) is 17.2 Å². The second-order valence-electron chi connectivity index (χ2n) is 5.31. The molecule has 2 aromatic carbocycles. The van der Waals surface area contributed by atoms with Gasteiger partial charge in [-0.1, -0.05) is 23.8 Å². The van der Waals surface area contributed by atoms with Gasteiger partial charge in [0.2, 0.25) is 5.91 Å². The van der Waals surface area contributed by atoms with Gasteiger partial charge in [0.1, 0.15) is 0 Å². The van der Waals surface area contributed by atoms with E-state index in [1.165, 1.54) is 12.1 Å². The Balaban J connectivity index is 2.14. The van der Waals surface area contributed by atoms with E-state index in [1.54, 1.807) is 17.0 Å². The van der Waals surface area contributed by atoms with E-state index in [1.807, 2.05) is 32.0 Å². The van der Waals surface area contributed by atoms with Crippen LogP contribution >= 0.6 is 0 Å². The van der Waals surface area contributed by atoms with Crippen LogP contribution in [-0.2, 0) is 4.79 Å². The van der Waals surface area contributed by atoms with Crippen molar-refractivity contribution in [2.75, 3.05) is 4.90 Å². The van der Waals surface area contributed by atoms with Gasteiger partial charge in [0.25, 0.3) is 0 Å². The van der Waals surface area contributed by atoms with Crippen molar-refractivity contribution in [3.63, 3.8) is 0 Å². The molecule has 106 valence electrons. The normalized spacial score (nSPS) is 17.0. The fraction of sp³-hybridized carbons (Fsp3) is 0.176. The van der Waals surface area contributed by atoms with E-state index >= 15 is 0 Å². The Hall–Kier alpha value is -2.62. The molecule has 1 aliphatic heterocycles. The second kappa shape index (κ2) is 4.74. The number of hydrogen-bond donors (Lipinski definition) is 1. The molecular weight excluding hydrogens is 266 g/mol. The first-order valence-electron chi connectivity index (χ1n) is 6.77. The third kappa shape index (κ3) is 2.09. The molecule has 4 heteroatoms. The maximum Gasteiger partial charge on any atom is 0.335 e. The summed E-state index contributed by atoms with van der Waals surface area (Å²) in [5, 5.41) is 9.10. The summed E-state index contributed by atoms with van der Waals surface area (Å²) in [6.45, 7) is 3.87. The van der Waals surface area contributed by atoms with Crippen molar-refractivity contribution in [1.82, 2.24) is 0 Å². The summed E-state index contributed by atoms with van der Waals surface area (Å²) in [6.07, 6.45) is 0. The van der Waals surface area contributed by atoms with Crippen molar-refractivity contribution in [3.05, 3.63) is 59.2 Å². The summed E-state index contributed by atoms with van der Waals surface area (Å²) in [7, 11) is 0. The molecule has 1 aliphatic rings. The van der Waals surface area contributed by atoms with Crippen molar-refractivity contribution in [2.24, 2.45) is 0 Å². The third-order valence-corrected chi connectivity index (χ3v) is 3.83. The average molecular weight is 281 g/mol. The molecular formula is C17H15NO3. The molecule has 1 N–H and O–H groups in total. The lowest BCUT2D eigenvalue weighted by Crippen LogP contribution is -2.22. The second-order valence-corrected chi connectivity index (χ2v) is 5.31. The Kier molecular flexibility index (Phi) is 3.01. The van der Waals surface area contributed by atoms with E-state index in [0.717, 1.165) is 16.8 Å². The molecule has 1 heterocycles. The number of carbonyl (C=O) groups excluding carboxylic acids is 1. The summed E-state index contributed by atoms with van der Waals surface area (Å²) < 4.78 is 0. The zero-order valence-corrected chi connectivity index (χ0v) is 11.8. The van der Waals surface area contributed by atoms with Gasteiger partial charge < -0.3 is 5.11 Å². The van der Waals surface area contributed by atoms with Gasteiger partial charge in [0.15, 0.2) is 0 Å². The van der Waals surface area contributed by atoms with Gasteiger partial charge >= 0.3 is 5.97 Å². The van der Waals surface area contributed by atoms with E-state index in [0.29, 0.717) is 5.69 Å². The number of hydrogen-bond acceptors (Lipinski definition) is 2. The first-order chi connectivity index (χ1) is 9.99. The molecule has 0 saturated heterocycles. The van der Waals surface area contributed by atoms with Crippen LogP contribution in [0.1, 0.15) is 34.3 Å². The topological polar surface area (TPSA) is 57.6 Å². The maximum atomic E-state index is 12.5. The van der Waals surface area contributed by atoms with Crippen LogP contribution in [0.25, 0.3) is 0 Å². The first-order valence-corrected chi connectivity index (χ1v) is 6.77. The molecule has 0 bridgehead atoms. The third-order valence-electron chi connectivity index (χ3n) is 3.83. The van der Waals surface area contributed by atoms with Crippen molar-refractivity contribution in [3.8, 4) is 0 Å². The molecule has 0 spiro atoms. The zero-order chi connectivity index (χ0) is 15.1. The monoisotopic (exact) mass is 281 g/mol. The van der Waals surface area contributed by atoms with Gasteiger partial charge in [0, 0.05) is 5.69 Å². The molecule has 0 aliphatic carbocycles. The Morgan fingerprint density at radius 1 is 1.19 bits per heavy atom. The Morgan fingerprint density at radius 3 is 2.67 bits per heavy atom. The average Bonchev–Trinajstić information content (AvgIpc) is 2.71. The number of aryl methyl sites for hydroxylation is 1. The number of rotatable bonds is 2. The minimum atomic E-state index is -0.999. The summed E-state index contributed by atoms with van der Waals surface area (Å²) in [4.78, 5) is 25.2. The van der Waals surface area contributed by atoms with Crippen LogP contribution < -0.4 is 4.90 Å². The van der Waals surface area contributed by atoms with Gasteiger partial charge in [-0.05, 0) is 43.7 Å². The van der Waals surface area contributed by atoms with Gasteiger partial charge in [-0.25, -0.2) is 4.79 Å². The number of amides is 1. The minimum Gasteiger partial charge on any atom is -0.478 e. The van der Waals surface area contributed by atoms with Gasteiger partial charge in [-0.15, -0.1) is 0 Å². The van der Waals surface area contributed by atoms with Crippen molar-refractivity contribution >= 4 is 23.3 Å². The van der Waals surface area contributed by atoms with Crippen LogP contribution in [0.15, 0.2) is 42.5 Å². The molecule has 0 unspecified atom stereocenters. The van der Waals surface area contributed by atoms with Crippen LogP contribution in [0.3, 0.4) is 0 Å². The molecule has 0 fully saturated rings. The maximum absolute atomic E-state index is 12.5. The highest BCUT2D eigenvalue weighted by atomic mass is 16.4. The molecule has 1 amide bonds. The highest BCUT2D eigenvalue weighted by Gasteiger charge is 2.35. The summed E-state index contributed by atoms with van der Waals surface area (Å²) >= 11 is 0. The lowest BCUT2D eigenvalue weighted by Gasteiger charge is -2.18. The molecule has 3 rings (SSSR count). The van der Waals surface area contributed by atoms with Crippen LogP contribution in [0, 0.1) is 6.92 Å². The Bertz CT molecular complexity index is 751. The predicted octanol–water partition coefficient (Wildman–Crippen LogP) is 3.48. The van der Waals surface area contributed by atoms with Crippen LogP contribution in [0.5, 0.6) is 0 Å². The Labute approximate surface area is 122 Å². The number of carboxylic acids is 1. The lowest BCUT2D eigenvalue weighted by molar-refractivity contribution is -0.118. The Morgan fingerprint density at radius 2 is 1.95 bits per heavy atom. The van der Waals surface area contributed by atoms with E-state index in [9.17, 15) is 9.59 Å². The number of fused-ring (bicyclic) bond motifs is 1. The number of nitrogens with zero attached hydrogens (tertiary/aromatic N) is 1. The van der Waals surface area contributed by atoms with E-state index in [2.05, 4.69) is 0 Å². The molecule has 0 radical (unpaired) electrons. The molecule has 2 aromatic rings. The van der Waals surface area contributed by atoms with E-state index < -0.39 is 5.97 Å². The van der Waals surface area contributed by atoms with Crippen molar-refractivity contribution in [1.29, 1.82) is 0 Å². The summed E-state index contributed by atoms with van der Waals surface area (Å²) in [5.41, 5.74) is 3.69. The predicted molar refractivity (Wildman–Crippen MR) is 80.1 cm³/mol. The number of benzene rings is 2. The first kappa shape index (κ1) is 13.4. The number of aromatic carboxylic acids is 1. The van der Waals surface area contributed by atoms with Crippen molar-refractivity contribution < 1.29 is 14.7 Å². The smallest absolute Gasteiger partial charge is 0.335 e. The van der Waals surface area contributed by atoms with Crippen LogP contribution in [0.4, 0.5) is 11.4 Å². The molecule has 0 aromatic heterocycles. The minimum absolute atomic E-state index is 0.0295. The lowest BCUT2D eigenvalue weighted by atomic mass is 10.0. The molecule has 0 saturated carbocycles. The van der Waals surface area contributed by atoms with Crippen LogP contribution in [0.2, 0.25) is 0 Å². The number of anilines is 2. The van der Waals surface area contributed by atoms with Crippen molar-refractivity contribution in [2.45, 2.75) is 19.8 Å². The summed E-state index contributed by atoms with van der Waals surface area (Å²) in [5.74, 6) is -1.24. The SMILES string of the molecule is Cc1ccc2c(c1)[C@@H](C)C(=O)N2c1cccc(C(=O)O)c1. The van der Waals surface area contributed by atoms with Crippen LogP contribution in [-0.4, -0.2) is 17.0 Å². The standard InChI is InChI=1S/C17H15NO3/c1-10-6-7-15-14(8-10)11(2)16(19)18(15)13-5-3-4-12(9-13)17(20)21/h3-9,11H,1-2H3,(H,20,21)/t11-/m1/s1. The van der Waals surface area contributed by atoms with Gasteiger partial charge in [-0.2, -0.15) is 0 Å².